The molecular weight excluding hydrogens is 288 g/mol. The summed E-state index contributed by atoms with van der Waals surface area (Å²) in [6.45, 7) is -0.252. The number of carboxylic acids is 1. The minimum Gasteiger partial charge on any atom is -0.480 e. The third-order valence-corrected chi connectivity index (χ3v) is 3.19. The van der Waals surface area contributed by atoms with Gasteiger partial charge in [-0.1, -0.05) is 0 Å². The van der Waals surface area contributed by atoms with Gasteiger partial charge in [0.25, 0.3) is 5.91 Å². The Morgan fingerprint density at radius 2 is 2.24 bits per heavy atom. The topological polar surface area (TPSA) is 70.5 Å². The number of carboxylic acid groups (broad SMARTS) is 1. The molecule has 0 spiro atoms. The summed E-state index contributed by atoms with van der Waals surface area (Å²) in [4.78, 5) is 28.2. The molecule has 90 valence electrons. The number of nitrogens with zero attached hydrogens (tertiary/aromatic N) is 2. The molecule has 17 heavy (non-hydrogen) atoms. The summed E-state index contributed by atoms with van der Waals surface area (Å²) >= 11 is 3.24. The first kappa shape index (κ1) is 12.0. The van der Waals surface area contributed by atoms with Gasteiger partial charge in [0.2, 0.25) is 0 Å². The van der Waals surface area contributed by atoms with E-state index in [4.69, 9.17) is 5.11 Å². The minimum atomic E-state index is -0.990. The van der Waals surface area contributed by atoms with Crippen LogP contribution in [0.4, 0.5) is 0 Å². The van der Waals surface area contributed by atoms with Crippen molar-refractivity contribution >= 4 is 27.8 Å². The van der Waals surface area contributed by atoms with Gasteiger partial charge in [0.05, 0.1) is 5.56 Å². The summed E-state index contributed by atoms with van der Waals surface area (Å²) in [6.07, 6.45) is 4.80. The molecule has 0 bridgehead atoms. The average Bonchev–Trinajstić information content (AvgIpc) is 3.09. The highest BCUT2D eigenvalue weighted by Crippen LogP contribution is 2.29. The second-order valence-electron chi connectivity index (χ2n) is 3.91. The molecule has 1 saturated carbocycles. The maximum atomic E-state index is 12.2. The lowest BCUT2D eigenvalue weighted by Gasteiger charge is -2.20. The Kier molecular flexibility index (Phi) is 3.42. The quantitative estimate of drug-likeness (QED) is 0.915. The number of hydrogen-bond donors (Lipinski definition) is 1. The highest BCUT2D eigenvalue weighted by atomic mass is 79.9. The molecule has 1 aliphatic carbocycles. The van der Waals surface area contributed by atoms with Crippen LogP contribution in [-0.4, -0.2) is 39.5 Å². The zero-order chi connectivity index (χ0) is 12.4. The Hall–Kier alpha value is -1.43. The van der Waals surface area contributed by atoms with Crippen molar-refractivity contribution in [2.24, 2.45) is 0 Å². The van der Waals surface area contributed by atoms with Crippen molar-refractivity contribution in [3.63, 3.8) is 0 Å². The fourth-order valence-corrected chi connectivity index (χ4v) is 2.02. The van der Waals surface area contributed by atoms with Gasteiger partial charge < -0.3 is 10.0 Å². The molecule has 1 aromatic heterocycles. The number of pyridine rings is 1. The number of aromatic nitrogens is 1. The number of halogens is 1. The summed E-state index contributed by atoms with van der Waals surface area (Å²) in [5.74, 6) is -1.25. The zero-order valence-electron chi connectivity index (χ0n) is 8.97. The van der Waals surface area contributed by atoms with Crippen molar-refractivity contribution in [3.8, 4) is 0 Å². The molecule has 1 amide bonds. The molecule has 0 radical (unpaired) electrons. The molecule has 0 saturated heterocycles. The lowest BCUT2D eigenvalue weighted by atomic mass is 10.2. The standard InChI is InChI=1S/C11H11BrN2O3/c12-9-5-13-4-3-8(9)11(17)14(6-10(15)16)7-1-2-7/h3-5,7H,1-2,6H2,(H,15,16). The van der Waals surface area contributed by atoms with Gasteiger partial charge in [-0.15, -0.1) is 0 Å². The van der Waals surface area contributed by atoms with E-state index in [0.29, 0.717) is 10.0 Å². The van der Waals surface area contributed by atoms with Crippen LogP contribution in [0.3, 0.4) is 0 Å². The number of carbonyl (C=O) groups excluding carboxylic acids is 1. The molecule has 1 aromatic rings. The Morgan fingerprint density at radius 1 is 1.53 bits per heavy atom. The first-order valence-electron chi connectivity index (χ1n) is 5.22. The van der Waals surface area contributed by atoms with Crippen LogP contribution in [0, 0.1) is 0 Å². The van der Waals surface area contributed by atoms with E-state index in [2.05, 4.69) is 20.9 Å². The number of carbonyl (C=O) groups is 2. The lowest BCUT2D eigenvalue weighted by molar-refractivity contribution is -0.137. The predicted molar refractivity (Wildman–Crippen MR) is 63.6 cm³/mol. The fraction of sp³-hybridized carbons (Fsp3) is 0.364. The third-order valence-electron chi connectivity index (χ3n) is 2.56. The predicted octanol–water partition coefficient (Wildman–Crippen LogP) is 1.53. The van der Waals surface area contributed by atoms with Crippen LogP contribution >= 0.6 is 15.9 Å². The molecule has 0 unspecified atom stereocenters. The molecule has 1 N–H and O–H groups in total. The van der Waals surface area contributed by atoms with Gasteiger partial charge in [-0.2, -0.15) is 0 Å². The zero-order valence-corrected chi connectivity index (χ0v) is 10.6. The van der Waals surface area contributed by atoms with E-state index in [0.717, 1.165) is 12.8 Å². The van der Waals surface area contributed by atoms with E-state index in [1.165, 1.54) is 17.3 Å². The summed E-state index contributed by atoms with van der Waals surface area (Å²) in [6, 6.07) is 1.66. The van der Waals surface area contributed by atoms with Crippen molar-refractivity contribution in [3.05, 3.63) is 28.5 Å². The first-order chi connectivity index (χ1) is 8.09. The maximum Gasteiger partial charge on any atom is 0.323 e. The van der Waals surface area contributed by atoms with Crippen LogP contribution in [0.2, 0.25) is 0 Å². The first-order valence-corrected chi connectivity index (χ1v) is 6.01. The minimum absolute atomic E-state index is 0.0682. The van der Waals surface area contributed by atoms with Crippen LogP contribution < -0.4 is 0 Å². The number of aliphatic carboxylic acids is 1. The average molecular weight is 299 g/mol. The summed E-state index contributed by atoms with van der Waals surface area (Å²) in [5.41, 5.74) is 0.452. The van der Waals surface area contributed by atoms with E-state index in [9.17, 15) is 9.59 Å². The SMILES string of the molecule is O=C(O)CN(C(=O)c1ccncc1Br)C1CC1. The van der Waals surface area contributed by atoms with E-state index in [1.807, 2.05) is 0 Å². The van der Waals surface area contributed by atoms with Crippen LogP contribution in [0.5, 0.6) is 0 Å². The van der Waals surface area contributed by atoms with Crippen molar-refractivity contribution in [2.45, 2.75) is 18.9 Å². The van der Waals surface area contributed by atoms with Gasteiger partial charge in [0, 0.05) is 22.9 Å². The molecule has 0 atom stereocenters. The largest absolute Gasteiger partial charge is 0.480 e. The van der Waals surface area contributed by atoms with Crippen molar-refractivity contribution in [1.82, 2.24) is 9.88 Å². The lowest BCUT2D eigenvalue weighted by Crippen LogP contribution is -2.37. The summed E-state index contributed by atoms with van der Waals surface area (Å²) in [5, 5.41) is 8.81. The van der Waals surface area contributed by atoms with E-state index >= 15 is 0 Å². The van der Waals surface area contributed by atoms with E-state index in [-0.39, 0.29) is 18.5 Å². The van der Waals surface area contributed by atoms with Crippen LogP contribution in [0.15, 0.2) is 22.9 Å². The summed E-state index contributed by atoms with van der Waals surface area (Å²) in [7, 11) is 0. The molecule has 2 rings (SSSR count). The number of rotatable bonds is 4. The fourth-order valence-electron chi connectivity index (χ4n) is 1.60. The number of hydrogen-bond acceptors (Lipinski definition) is 3. The number of amides is 1. The van der Waals surface area contributed by atoms with Crippen molar-refractivity contribution in [1.29, 1.82) is 0 Å². The maximum absolute atomic E-state index is 12.2. The molecule has 0 aliphatic heterocycles. The Labute approximate surface area is 107 Å². The molecule has 0 aromatic carbocycles. The van der Waals surface area contributed by atoms with Crippen molar-refractivity contribution in [2.75, 3.05) is 6.54 Å². The monoisotopic (exact) mass is 298 g/mol. The van der Waals surface area contributed by atoms with Gasteiger partial charge >= 0.3 is 5.97 Å². The molecule has 1 fully saturated rings. The Bertz CT molecular complexity index is 460. The van der Waals surface area contributed by atoms with Crippen molar-refractivity contribution < 1.29 is 14.7 Å². The smallest absolute Gasteiger partial charge is 0.323 e. The second kappa shape index (κ2) is 4.83. The summed E-state index contributed by atoms with van der Waals surface area (Å²) < 4.78 is 0.584. The van der Waals surface area contributed by atoms with Crippen LogP contribution in [0.25, 0.3) is 0 Å². The van der Waals surface area contributed by atoms with Crippen LogP contribution in [0.1, 0.15) is 23.2 Å². The van der Waals surface area contributed by atoms with Gasteiger partial charge in [0.1, 0.15) is 6.54 Å². The van der Waals surface area contributed by atoms with Gasteiger partial charge in [-0.25, -0.2) is 0 Å². The second-order valence-corrected chi connectivity index (χ2v) is 4.77. The van der Waals surface area contributed by atoms with Gasteiger partial charge in [0.15, 0.2) is 0 Å². The highest BCUT2D eigenvalue weighted by Gasteiger charge is 2.34. The van der Waals surface area contributed by atoms with E-state index < -0.39 is 5.97 Å². The highest BCUT2D eigenvalue weighted by molar-refractivity contribution is 9.10. The van der Waals surface area contributed by atoms with E-state index in [1.54, 1.807) is 6.07 Å². The molecular formula is C11H11BrN2O3. The van der Waals surface area contributed by atoms with Gasteiger partial charge in [-0.05, 0) is 34.8 Å². The molecule has 1 aliphatic rings. The van der Waals surface area contributed by atoms with Gasteiger partial charge in [-0.3, -0.25) is 14.6 Å². The normalized spacial score (nSPS) is 14.4. The molecule has 5 nitrogen and oxygen atoms in total. The van der Waals surface area contributed by atoms with Crippen LogP contribution in [-0.2, 0) is 4.79 Å². The third kappa shape index (κ3) is 2.82. The Morgan fingerprint density at radius 3 is 2.76 bits per heavy atom. The molecule has 6 heteroatoms. The Balaban J connectivity index is 2.22. The molecule has 1 heterocycles.